The van der Waals surface area contributed by atoms with Crippen molar-refractivity contribution in [1.82, 2.24) is 9.38 Å². The highest BCUT2D eigenvalue weighted by molar-refractivity contribution is 9.10. The van der Waals surface area contributed by atoms with Gasteiger partial charge in [-0.2, -0.15) is 5.26 Å². The van der Waals surface area contributed by atoms with Gasteiger partial charge in [0.25, 0.3) is 0 Å². The highest BCUT2D eigenvalue weighted by Gasteiger charge is 2.17. The number of carbonyl (C=O) groups is 1. The summed E-state index contributed by atoms with van der Waals surface area (Å²) >= 11 is 3.50. The van der Waals surface area contributed by atoms with Gasteiger partial charge in [0.2, 0.25) is 0 Å². The number of imidazole rings is 1. The maximum Gasteiger partial charge on any atom is 0.355 e. The Bertz CT molecular complexity index is 908. The molecular weight excluding hydrogens is 346 g/mol. The van der Waals surface area contributed by atoms with Crippen LogP contribution < -0.4 is 0 Å². The molecule has 0 unspecified atom stereocenters. The summed E-state index contributed by atoms with van der Waals surface area (Å²) in [5.74, 6) is -0.435. The van der Waals surface area contributed by atoms with E-state index in [9.17, 15) is 4.79 Å². The number of hydrogen-bond acceptors (Lipinski definition) is 4. The van der Waals surface area contributed by atoms with E-state index in [1.165, 1.54) is 7.11 Å². The zero-order valence-electron chi connectivity index (χ0n) is 11.6. The fourth-order valence-electron chi connectivity index (χ4n) is 2.21. The SMILES string of the molecule is COC(=O)c1cccc2nc(-c3ccc(C#N)cc3)c(Br)n12. The molecule has 0 N–H and O–H groups in total. The zero-order valence-corrected chi connectivity index (χ0v) is 13.2. The van der Waals surface area contributed by atoms with Gasteiger partial charge < -0.3 is 4.74 Å². The van der Waals surface area contributed by atoms with Gasteiger partial charge >= 0.3 is 5.97 Å². The summed E-state index contributed by atoms with van der Waals surface area (Å²) < 4.78 is 7.15. The molecule has 0 fully saturated rings. The first kappa shape index (κ1) is 14.3. The van der Waals surface area contributed by atoms with Crippen molar-refractivity contribution in [3.8, 4) is 17.3 Å². The van der Waals surface area contributed by atoms with Crippen LogP contribution in [0.3, 0.4) is 0 Å². The first-order valence-electron chi connectivity index (χ1n) is 6.41. The molecule has 3 aromatic rings. The van der Waals surface area contributed by atoms with E-state index in [1.54, 1.807) is 28.7 Å². The van der Waals surface area contributed by atoms with Crippen LogP contribution in [0, 0.1) is 11.3 Å². The summed E-state index contributed by atoms with van der Waals surface area (Å²) in [6.07, 6.45) is 0. The number of ether oxygens (including phenoxy) is 1. The normalized spacial score (nSPS) is 10.4. The smallest absolute Gasteiger partial charge is 0.355 e. The molecule has 5 nitrogen and oxygen atoms in total. The number of methoxy groups -OCH3 is 1. The third-order valence-corrected chi connectivity index (χ3v) is 4.00. The van der Waals surface area contributed by atoms with E-state index in [-0.39, 0.29) is 0 Å². The number of hydrogen-bond donors (Lipinski definition) is 0. The number of aromatic nitrogens is 2. The molecule has 0 aliphatic heterocycles. The lowest BCUT2D eigenvalue weighted by atomic mass is 10.1. The maximum absolute atomic E-state index is 11.9. The minimum absolute atomic E-state index is 0.388. The number of pyridine rings is 1. The molecule has 3 rings (SSSR count). The van der Waals surface area contributed by atoms with Crippen molar-refractivity contribution >= 4 is 27.5 Å². The molecule has 108 valence electrons. The summed E-state index contributed by atoms with van der Waals surface area (Å²) in [4.78, 5) is 16.4. The Balaban J connectivity index is 2.22. The van der Waals surface area contributed by atoms with Gasteiger partial charge in [-0.05, 0) is 40.2 Å². The van der Waals surface area contributed by atoms with E-state index in [0.717, 1.165) is 5.56 Å². The number of nitriles is 1. The van der Waals surface area contributed by atoms with Crippen LogP contribution in [-0.4, -0.2) is 22.5 Å². The van der Waals surface area contributed by atoms with E-state index in [1.807, 2.05) is 18.2 Å². The van der Waals surface area contributed by atoms with Gasteiger partial charge in [0.1, 0.15) is 21.6 Å². The van der Waals surface area contributed by atoms with Gasteiger partial charge in [-0.1, -0.05) is 18.2 Å². The third kappa shape index (κ3) is 2.26. The van der Waals surface area contributed by atoms with Crippen molar-refractivity contribution < 1.29 is 9.53 Å². The molecule has 1 aromatic carbocycles. The predicted molar refractivity (Wildman–Crippen MR) is 84.4 cm³/mol. The van der Waals surface area contributed by atoms with Crippen LogP contribution in [0.1, 0.15) is 16.1 Å². The number of rotatable bonds is 2. The number of nitrogens with zero attached hydrogens (tertiary/aromatic N) is 3. The van der Waals surface area contributed by atoms with Gasteiger partial charge in [-0.3, -0.25) is 4.40 Å². The van der Waals surface area contributed by atoms with Gasteiger partial charge in [0.05, 0.1) is 18.7 Å². The summed E-state index contributed by atoms with van der Waals surface area (Å²) in [7, 11) is 1.34. The van der Waals surface area contributed by atoms with Gasteiger partial charge in [0.15, 0.2) is 0 Å². The first-order valence-corrected chi connectivity index (χ1v) is 7.21. The third-order valence-electron chi connectivity index (χ3n) is 3.27. The molecule has 0 radical (unpaired) electrons. The molecule has 22 heavy (non-hydrogen) atoms. The van der Waals surface area contributed by atoms with E-state index < -0.39 is 5.97 Å². The number of carbonyl (C=O) groups excluding carboxylic acids is 1. The molecular formula is C16H10BrN3O2. The van der Waals surface area contributed by atoms with Gasteiger partial charge in [0, 0.05) is 5.56 Å². The number of benzene rings is 1. The van der Waals surface area contributed by atoms with Crippen LogP contribution in [0.5, 0.6) is 0 Å². The van der Waals surface area contributed by atoms with Crippen LogP contribution >= 0.6 is 15.9 Å². The van der Waals surface area contributed by atoms with E-state index in [4.69, 9.17) is 10.00 Å². The van der Waals surface area contributed by atoms with Crippen molar-refractivity contribution in [3.63, 3.8) is 0 Å². The highest BCUT2D eigenvalue weighted by atomic mass is 79.9. The molecule has 2 heterocycles. The molecule has 0 spiro atoms. The van der Waals surface area contributed by atoms with Crippen LogP contribution in [0.4, 0.5) is 0 Å². The number of esters is 1. The first-order chi connectivity index (χ1) is 10.7. The Morgan fingerprint density at radius 1 is 1.27 bits per heavy atom. The van der Waals surface area contributed by atoms with E-state index in [2.05, 4.69) is 27.0 Å². The van der Waals surface area contributed by atoms with Crippen LogP contribution in [0.2, 0.25) is 0 Å². The summed E-state index contributed by atoms with van der Waals surface area (Å²) in [6, 6.07) is 14.4. The standard InChI is InChI=1S/C16H10BrN3O2/c1-22-16(21)12-3-2-4-13-19-14(15(17)20(12)13)11-7-5-10(9-18)6-8-11/h2-8H,1H3. The minimum atomic E-state index is -0.435. The molecule has 0 aliphatic rings. The topological polar surface area (TPSA) is 67.4 Å². The molecule has 0 amide bonds. The van der Waals surface area contributed by atoms with Crippen molar-refractivity contribution in [2.45, 2.75) is 0 Å². The van der Waals surface area contributed by atoms with Crippen LogP contribution in [-0.2, 0) is 4.74 Å². The van der Waals surface area contributed by atoms with Gasteiger partial charge in [-0.25, -0.2) is 9.78 Å². The zero-order chi connectivity index (χ0) is 15.7. The summed E-state index contributed by atoms with van der Waals surface area (Å²) in [6.45, 7) is 0. The fourth-order valence-corrected chi connectivity index (χ4v) is 2.90. The summed E-state index contributed by atoms with van der Waals surface area (Å²) in [5.41, 5.74) is 3.15. The Morgan fingerprint density at radius 2 is 2.00 bits per heavy atom. The highest BCUT2D eigenvalue weighted by Crippen LogP contribution is 2.30. The van der Waals surface area contributed by atoms with Crippen molar-refractivity contribution in [2.75, 3.05) is 7.11 Å². The molecule has 0 atom stereocenters. The lowest BCUT2D eigenvalue weighted by Gasteiger charge is -2.04. The summed E-state index contributed by atoms with van der Waals surface area (Å²) in [5, 5.41) is 8.86. The van der Waals surface area contributed by atoms with Crippen LogP contribution in [0.15, 0.2) is 47.1 Å². The molecule has 6 heteroatoms. The molecule has 0 aliphatic carbocycles. The van der Waals surface area contributed by atoms with Crippen LogP contribution in [0.25, 0.3) is 16.9 Å². The lowest BCUT2D eigenvalue weighted by Crippen LogP contribution is -2.07. The molecule has 2 aromatic heterocycles. The molecule has 0 bridgehead atoms. The van der Waals surface area contributed by atoms with E-state index >= 15 is 0 Å². The second kappa shape index (κ2) is 5.62. The number of halogens is 1. The Kier molecular flexibility index (Phi) is 3.65. The maximum atomic E-state index is 11.9. The fraction of sp³-hybridized carbons (Fsp3) is 0.0625. The van der Waals surface area contributed by atoms with Gasteiger partial charge in [-0.15, -0.1) is 0 Å². The van der Waals surface area contributed by atoms with Crippen molar-refractivity contribution in [3.05, 3.63) is 58.3 Å². The average molecular weight is 356 g/mol. The Hall–Kier alpha value is -2.65. The average Bonchev–Trinajstić information content (AvgIpc) is 2.91. The Labute approximate surface area is 134 Å². The predicted octanol–water partition coefficient (Wildman–Crippen LogP) is 3.42. The van der Waals surface area contributed by atoms with Crippen molar-refractivity contribution in [2.24, 2.45) is 0 Å². The second-order valence-corrected chi connectivity index (χ2v) is 5.29. The largest absolute Gasteiger partial charge is 0.464 e. The number of fused-ring (bicyclic) bond motifs is 1. The Morgan fingerprint density at radius 3 is 2.64 bits per heavy atom. The molecule has 0 saturated heterocycles. The molecule has 0 saturated carbocycles. The second-order valence-electron chi connectivity index (χ2n) is 4.54. The monoisotopic (exact) mass is 355 g/mol. The lowest BCUT2D eigenvalue weighted by molar-refractivity contribution is 0.0592. The van der Waals surface area contributed by atoms with Crippen molar-refractivity contribution in [1.29, 1.82) is 5.26 Å². The van der Waals surface area contributed by atoms with E-state index in [0.29, 0.717) is 27.2 Å². The quantitative estimate of drug-likeness (QED) is 0.660. The minimum Gasteiger partial charge on any atom is -0.464 e.